The molecule has 0 atom stereocenters. The molecular weight excluding hydrogens is 303 g/mol. The van der Waals surface area contributed by atoms with Crippen LogP contribution in [0.3, 0.4) is 0 Å². The first-order chi connectivity index (χ1) is 11.6. The van der Waals surface area contributed by atoms with Crippen LogP contribution in [0, 0.1) is 5.82 Å². The van der Waals surface area contributed by atoms with Gasteiger partial charge < -0.3 is 9.88 Å². The van der Waals surface area contributed by atoms with Crippen molar-refractivity contribution in [3.63, 3.8) is 0 Å². The predicted octanol–water partition coefficient (Wildman–Crippen LogP) is 4.00. The first kappa shape index (κ1) is 14.9. The maximum Gasteiger partial charge on any atom is 0.233 e. The van der Waals surface area contributed by atoms with Crippen molar-refractivity contribution in [2.45, 2.75) is 24.8 Å². The Labute approximate surface area is 140 Å². The van der Waals surface area contributed by atoms with Crippen LogP contribution in [0.2, 0.25) is 0 Å². The molecule has 0 bridgehead atoms. The highest BCUT2D eigenvalue weighted by Crippen LogP contribution is 2.51. The number of halogens is 1. The SMILES string of the molecule is CN(Cc1ccccc1)C(=O)C1(c2c[nH]c3cc(F)ccc23)CC1. The summed E-state index contributed by atoms with van der Waals surface area (Å²) in [4.78, 5) is 18.0. The maximum atomic E-state index is 13.4. The lowest BCUT2D eigenvalue weighted by atomic mass is 9.93. The van der Waals surface area contributed by atoms with Gasteiger partial charge in [-0.1, -0.05) is 30.3 Å². The lowest BCUT2D eigenvalue weighted by Gasteiger charge is -2.23. The number of nitrogens with zero attached hydrogens (tertiary/aromatic N) is 1. The third kappa shape index (κ3) is 2.39. The summed E-state index contributed by atoms with van der Waals surface area (Å²) in [6, 6.07) is 14.7. The topological polar surface area (TPSA) is 36.1 Å². The molecule has 4 heteroatoms. The minimum atomic E-state index is -0.459. The van der Waals surface area contributed by atoms with Crippen molar-refractivity contribution in [1.82, 2.24) is 9.88 Å². The number of amides is 1. The molecule has 0 radical (unpaired) electrons. The molecular formula is C20H19FN2O. The fourth-order valence-corrected chi connectivity index (χ4v) is 3.51. The highest BCUT2D eigenvalue weighted by atomic mass is 19.1. The number of hydrogen-bond donors (Lipinski definition) is 1. The van der Waals surface area contributed by atoms with E-state index in [9.17, 15) is 9.18 Å². The number of benzene rings is 2. The van der Waals surface area contributed by atoms with E-state index in [2.05, 4.69) is 4.98 Å². The Kier molecular flexibility index (Phi) is 3.41. The average molecular weight is 322 g/mol. The monoisotopic (exact) mass is 322 g/mol. The number of H-pyrrole nitrogens is 1. The van der Waals surface area contributed by atoms with E-state index in [0.29, 0.717) is 6.54 Å². The number of carbonyl (C=O) groups excluding carboxylic acids is 1. The number of nitrogens with one attached hydrogen (secondary N) is 1. The second-order valence-electron chi connectivity index (χ2n) is 6.62. The highest BCUT2D eigenvalue weighted by Gasteiger charge is 2.53. The zero-order valence-electron chi connectivity index (χ0n) is 13.6. The molecule has 1 N–H and O–H groups in total. The van der Waals surface area contributed by atoms with E-state index in [1.807, 2.05) is 43.6 Å². The van der Waals surface area contributed by atoms with Crippen molar-refractivity contribution in [1.29, 1.82) is 0 Å². The van der Waals surface area contributed by atoms with Gasteiger partial charge in [0.05, 0.1) is 5.41 Å². The first-order valence-corrected chi connectivity index (χ1v) is 8.17. The van der Waals surface area contributed by atoms with E-state index >= 15 is 0 Å². The summed E-state index contributed by atoms with van der Waals surface area (Å²) >= 11 is 0. The molecule has 0 aliphatic heterocycles. The van der Waals surface area contributed by atoms with E-state index in [-0.39, 0.29) is 11.7 Å². The molecule has 0 saturated heterocycles. The van der Waals surface area contributed by atoms with Gasteiger partial charge in [0, 0.05) is 30.7 Å². The molecule has 0 unspecified atom stereocenters. The predicted molar refractivity (Wildman–Crippen MR) is 92.1 cm³/mol. The summed E-state index contributed by atoms with van der Waals surface area (Å²) in [5.41, 5.74) is 2.39. The average Bonchev–Trinajstić information content (AvgIpc) is 3.29. The van der Waals surface area contributed by atoms with Crippen molar-refractivity contribution < 1.29 is 9.18 Å². The third-order valence-corrected chi connectivity index (χ3v) is 4.93. The molecule has 1 amide bonds. The maximum absolute atomic E-state index is 13.4. The Morgan fingerprint density at radius 2 is 1.96 bits per heavy atom. The molecule has 1 fully saturated rings. The molecule has 1 aromatic heterocycles. The van der Waals surface area contributed by atoms with Crippen LogP contribution >= 0.6 is 0 Å². The van der Waals surface area contributed by atoms with Crippen molar-refractivity contribution in [2.24, 2.45) is 0 Å². The second kappa shape index (κ2) is 5.48. The van der Waals surface area contributed by atoms with Gasteiger partial charge in [0.25, 0.3) is 0 Å². The number of aromatic nitrogens is 1. The zero-order valence-corrected chi connectivity index (χ0v) is 13.6. The van der Waals surface area contributed by atoms with Gasteiger partial charge in [-0.05, 0) is 42.2 Å². The zero-order chi connectivity index (χ0) is 16.7. The summed E-state index contributed by atoms with van der Waals surface area (Å²) in [6.45, 7) is 0.596. The molecule has 1 aliphatic rings. The van der Waals surface area contributed by atoms with Crippen LogP contribution in [0.15, 0.2) is 54.7 Å². The summed E-state index contributed by atoms with van der Waals surface area (Å²) < 4.78 is 13.4. The van der Waals surface area contributed by atoms with Crippen molar-refractivity contribution in [3.8, 4) is 0 Å². The molecule has 3 aromatic rings. The number of aromatic amines is 1. The normalized spacial score (nSPS) is 15.4. The minimum Gasteiger partial charge on any atom is -0.361 e. The minimum absolute atomic E-state index is 0.136. The van der Waals surface area contributed by atoms with Crippen LogP contribution in [0.1, 0.15) is 24.0 Å². The summed E-state index contributed by atoms with van der Waals surface area (Å²) in [5.74, 6) is -0.134. The molecule has 1 aliphatic carbocycles. The number of likely N-dealkylation sites (N-methyl/N-ethyl adjacent to an activating group) is 1. The van der Waals surface area contributed by atoms with Gasteiger partial charge in [0.15, 0.2) is 0 Å². The molecule has 1 saturated carbocycles. The molecule has 24 heavy (non-hydrogen) atoms. The van der Waals surface area contributed by atoms with Gasteiger partial charge in [0.1, 0.15) is 5.82 Å². The van der Waals surface area contributed by atoms with Gasteiger partial charge in [-0.3, -0.25) is 4.79 Å². The smallest absolute Gasteiger partial charge is 0.233 e. The third-order valence-electron chi connectivity index (χ3n) is 4.93. The second-order valence-corrected chi connectivity index (χ2v) is 6.62. The highest BCUT2D eigenvalue weighted by molar-refractivity contribution is 5.97. The van der Waals surface area contributed by atoms with Gasteiger partial charge in [-0.15, -0.1) is 0 Å². The van der Waals surface area contributed by atoms with Crippen LogP contribution in [-0.4, -0.2) is 22.8 Å². The van der Waals surface area contributed by atoms with Crippen molar-refractivity contribution in [3.05, 3.63) is 71.7 Å². The molecule has 122 valence electrons. The Balaban J connectivity index is 1.63. The van der Waals surface area contributed by atoms with E-state index in [1.54, 1.807) is 11.0 Å². The fourth-order valence-electron chi connectivity index (χ4n) is 3.51. The van der Waals surface area contributed by atoms with E-state index in [4.69, 9.17) is 0 Å². The molecule has 0 spiro atoms. The standard InChI is InChI=1S/C20H19FN2O/c1-23(13-14-5-3-2-4-6-14)19(24)20(9-10-20)17-12-22-18-11-15(21)7-8-16(17)18/h2-8,11-12,22H,9-10,13H2,1H3. The number of rotatable bonds is 4. The summed E-state index contributed by atoms with van der Waals surface area (Å²) in [6.07, 6.45) is 3.55. The molecule has 2 aromatic carbocycles. The first-order valence-electron chi connectivity index (χ1n) is 8.17. The lowest BCUT2D eigenvalue weighted by Crippen LogP contribution is -2.36. The van der Waals surface area contributed by atoms with E-state index < -0.39 is 5.41 Å². The van der Waals surface area contributed by atoms with Crippen LogP contribution in [0.5, 0.6) is 0 Å². The Morgan fingerprint density at radius 3 is 2.67 bits per heavy atom. The van der Waals surface area contributed by atoms with Gasteiger partial charge in [-0.2, -0.15) is 0 Å². The van der Waals surface area contributed by atoms with E-state index in [0.717, 1.165) is 34.9 Å². The molecule has 4 rings (SSSR count). The Bertz CT molecular complexity index is 896. The molecule has 3 nitrogen and oxygen atoms in total. The quantitative estimate of drug-likeness (QED) is 0.774. The summed E-state index contributed by atoms with van der Waals surface area (Å²) in [7, 11) is 1.85. The lowest BCUT2D eigenvalue weighted by molar-refractivity contribution is -0.133. The van der Waals surface area contributed by atoms with Gasteiger partial charge >= 0.3 is 0 Å². The van der Waals surface area contributed by atoms with Crippen molar-refractivity contribution in [2.75, 3.05) is 7.05 Å². The molecule has 1 heterocycles. The van der Waals surface area contributed by atoms with Gasteiger partial charge in [0.2, 0.25) is 5.91 Å². The van der Waals surface area contributed by atoms with Crippen LogP contribution < -0.4 is 0 Å². The Morgan fingerprint density at radius 1 is 1.21 bits per heavy atom. The van der Waals surface area contributed by atoms with E-state index in [1.165, 1.54) is 12.1 Å². The van der Waals surface area contributed by atoms with Crippen LogP contribution in [0.25, 0.3) is 10.9 Å². The van der Waals surface area contributed by atoms with Crippen molar-refractivity contribution >= 4 is 16.8 Å². The fraction of sp³-hybridized carbons (Fsp3) is 0.250. The number of hydrogen-bond acceptors (Lipinski definition) is 1. The largest absolute Gasteiger partial charge is 0.361 e. The Hall–Kier alpha value is -2.62. The summed E-state index contributed by atoms with van der Waals surface area (Å²) in [5, 5.41) is 0.940. The van der Waals surface area contributed by atoms with Crippen LogP contribution in [-0.2, 0) is 16.8 Å². The number of fused-ring (bicyclic) bond motifs is 1. The number of carbonyl (C=O) groups is 1. The van der Waals surface area contributed by atoms with Gasteiger partial charge in [-0.25, -0.2) is 4.39 Å². The van der Waals surface area contributed by atoms with Crippen LogP contribution in [0.4, 0.5) is 4.39 Å².